The van der Waals surface area contributed by atoms with Gasteiger partial charge in [-0.25, -0.2) is 0 Å². The molecule has 0 aliphatic rings. The largest absolute Gasteiger partial charge is 0.417 e. The third kappa shape index (κ3) is 2.14. The highest BCUT2D eigenvalue weighted by molar-refractivity contribution is 7.98. The van der Waals surface area contributed by atoms with E-state index in [1.807, 2.05) is 0 Å². The lowest BCUT2D eigenvalue weighted by atomic mass is 10.1. The van der Waals surface area contributed by atoms with Crippen molar-refractivity contribution >= 4 is 34.9 Å². The van der Waals surface area contributed by atoms with E-state index in [9.17, 15) is 13.2 Å². The van der Waals surface area contributed by atoms with Crippen LogP contribution >= 0.6 is 24.0 Å². The zero-order valence-electron chi connectivity index (χ0n) is 9.71. The Morgan fingerprint density at radius 2 is 1.94 bits per heavy atom. The molecule has 0 saturated heterocycles. The average Bonchev–Trinajstić information content (AvgIpc) is 2.31. The van der Waals surface area contributed by atoms with Gasteiger partial charge in [0.1, 0.15) is 0 Å². The molecule has 1 nitrogen and oxygen atoms in total. The number of hydrogen-bond acceptors (Lipinski definition) is 2. The summed E-state index contributed by atoms with van der Waals surface area (Å²) in [6.07, 6.45) is -0.834. The summed E-state index contributed by atoms with van der Waals surface area (Å²) in [6, 6.07) is 4.12. The summed E-state index contributed by atoms with van der Waals surface area (Å²) in [5, 5.41) is 0.106. The SMILES string of the molecule is CSc1cn(C)c2cccc(C(F)(F)F)c2c1=S. The lowest BCUT2D eigenvalue weighted by Gasteiger charge is -2.14. The molecule has 0 bridgehead atoms. The molecule has 0 N–H and O–H groups in total. The zero-order valence-corrected chi connectivity index (χ0v) is 11.3. The highest BCUT2D eigenvalue weighted by Gasteiger charge is 2.33. The fourth-order valence-corrected chi connectivity index (χ4v) is 2.95. The molecule has 0 fully saturated rings. The Hall–Kier alpha value is -1.01. The van der Waals surface area contributed by atoms with E-state index in [0.717, 1.165) is 6.07 Å². The molecule has 0 aliphatic carbocycles. The second-order valence-corrected chi connectivity index (χ2v) is 5.09. The van der Waals surface area contributed by atoms with Crippen molar-refractivity contribution in [2.75, 3.05) is 6.26 Å². The van der Waals surface area contributed by atoms with Gasteiger partial charge in [0.05, 0.1) is 10.1 Å². The van der Waals surface area contributed by atoms with Gasteiger partial charge >= 0.3 is 6.18 Å². The third-order valence-electron chi connectivity index (χ3n) is 2.71. The molecule has 1 aromatic heterocycles. The minimum absolute atomic E-state index is 0.106. The Labute approximate surface area is 112 Å². The van der Waals surface area contributed by atoms with E-state index >= 15 is 0 Å². The number of halogens is 3. The van der Waals surface area contributed by atoms with E-state index in [2.05, 4.69) is 0 Å². The zero-order chi connectivity index (χ0) is 13.5. The highest BCUT2D eigenvalue weighted by Crippen LogP contribution is 2.36. The highest BCUT2D eigenvalue weighted by atomic mass is 32.2. The molecule has 2 aromatic rings. The van der Waals surface area contributed by atoms with Gasteiger partial charge in [0.25, 0.3) is 0 Å². The molecule has 0 unspecified atom stereocenters. The van der Waals surface area contributed by atoms with Crippen LogP contribution in [0, 0.1) is 4.51 Å². The first-order valence-electron chi connectivity index (χ1n) is 5.10. The first kappa shape index (κ1) is 13.4. The molecule has 96 valence electrons. The van der Waals surface area contributed by atoms with Crippen LogP contribution in [0.3, 0.4) is 0 Å². The van der Waals surface area contributed by atoms with Gasteiger partial charge in [-0.3, -0.25) is 0 Å². The minimum Gasteiger partial charge on any atom is -0.349 e. The standard InChI is InChI=1S/C12H10F3NS2/c1-16-6-9(18-2)11(17)10-7(12(13,14)15)4-3-5-8(10)16/h3-6H,1-2H3. The number of fused-ring (bicyclic) bond motifs is 1. The Kier molecular flexibility index (Phi) is 3.42. The van der Waals surface area contributed by atoms with Crippen molar-refractivity contribution in [1.82, 2.24) is 4.57 Å². The third-order valence-corrected chi connectivity index (χ3v) is 4.01. The predicted molar refractivity (Wildman–Crippen MR) is 70.5 cm³/mol. The summed E-state index contributed by atoms with van der Waals surface area (Å²) < 4.78 is 40.9. The molecule has 1 aromatic carbocycles. The molecular weight excluding hydrogens is 279 g/mol. The van der Waals surface area contributed by atoms with Crippen LogP contribution < -0.4 is 0 Å². The van der Waals surface area contributed by atoms with E-state index in [0.29, 0.717) is 10.4 Å². The molecule has 0 atom stereocenters. The maximum Gasteiger partial charge on any atom is 0.417 e. The summed E-state index contributed by atoms with van der Waals surface area (Å²) in [7, 11) is 1.72. The first-order chi connectivity index (χ1) is 8.36. The van der Waals surface area contributed by atoms with E-state index in [4.69, 9.17) is 12.2 Å². The maximum atomic E-state index is 13.0. The van der Waals surface area contributed by atoms with Crippen LogP contribution in [0.15, 0.2) is 29.3 Å². The minimum atomic E-state index is -4.39. The van der Waals surface area contributed by atoms with Gasteiger partial charge in [-0.2, -0.15) is 13.2 Å². The van der Waals surface area contributed by atoms with Gasteiger partial charge in [0.15, 0.2) is 0 Å². The number of alkyl halides is 3. The van der Waals surface area contributed by atoms with E-state index < -0.39 is 11.7 Å². The number of hydrogen-bond donors (Lipinski definition) is 0. The second kappa shape index (κ2) is 4.59. The summed E-state index contributed by atoms with van der Waals surface area (Å²) in [5.74, 6) is 0. The lowest BCUT2D eigenvalue weighted by molar-refractivity contribution is -0.136. The number of pyridine rings is 1. The van der Waals surface area contributed by atoms with E-state index in [-0.39, 0.29) is 9.90 Å². The molecule has 6 heteroatoms. The number of nitrogens with zero attached hydrogens (tertiary/aromatic N) is 1. The molecule has 2 rings (SSSR count). The normalized spacial score (nSPS) is 12.1. The Morgan fingerprint density at radius 3 is 2.50 bits per heavy atom. The number of rotatable bonds is 1. The summed E-state index contributed by atoms with van der Waals surface area (Å²) >= 11 is 6.53. The van der Waals surface area contributed by atoms with Crippen molar-refractivity contribution in [3.05, 3.63) is 34.5 Å². The molecule has 0 saturated carbocycles. The lowest BCUT2D eigenvalue weighted by Crippen LogP contribution is -2.07. The molecule has 1 heterocycles. The van der Waals surface area contributed by atoms with Crippen LogP contribution in [0.2, 0.25) is 0 Å². The van der Waals surface area contributed by atoms with Crippen molar-refractivity contribution in [3.8, 4) is 0 Å². The van der Waals surface area contributed by atoms with Crippen LogP contribution in [0.1, 0.15) is 5.56 Å². The average molecular weight is 289 g/mol. The molecular formula is C12H10F3NS2. The van der Waals surface area contributed by atoms with E-state index in [1.165, 1.54) is 17.8 Å². The number of aromatic nitrogens is 1. The monoisotopic (exact) mass is 289 g/mol. The van der Waals surface area contributed by atoms with Gasteiger partial charge < -0.3 is 4.57 Å². The van der Waals surface area contributed by atoms with Crippen LogP contribution in [-0.2, 0) is 13.2 Å². The van der Waals surface area contributed by atoms with E-state index in [1.54, 1.807) is 30.1 Å². The summed E-state index contributed by atoms with van der Waals surface area (Å²) in [6.45, 7) is 0. The van der Waals surface area contributed by atoms with Gasteiger partial charge in [0, 0.05) is 29.0 Å². The number of benzene rings is 1. The quantitative estimate of drug-likeness (QED) is 0.556. The predicted octanol–water partition coefficient (Wildman–Crippen LogP) is 4.65. The topological polar surface area (TPSA) is 4.93 Å². The van der Waals surface area contributed by atoms with Crippen molar-refractivity contribution in [3.63, 3.8) is 0 Å². The fraction of sp³-hybridized carbons (Fsp3) is 0.250. The van der Waals surface area contributed by atoms with Gasteiger partial charge in [-0.05, 0) is 18.4 Å². The Morgan fingerprint density at radius 1 is 1.28 bits per heavy atom. The number of thioether (sulfide) groups is 1. The number of aryl methyl sites for hydroxylation is 1. The molecule has 18 heavy (non-hydrogen) atoms. The first-order valence-corrected chi connectivity index (χ1v) is 6.73. The van der Waals surface area contributed by atoms with Crippen molar-refractivity contribution < 1.29 is 13.2 Å². The van der Waals surface area contributed by atoms with Crippen molar-refractivity contribution in [2.45, 2.75) is 11.1 Å². The van der Waals surface area contributed by atoms with Crippen LogP contribution in [0.4, 0.5) is 13.2 Å². The van der Waals surface area contributed by atoms with Gasteiger partial charge in [-0.1, -0.05) is 18.3 Å². The smallest absolute Gasteiger partial charge is 0.349 e. The maximum absolute atomic E-state index is 13.0. The summed E-state index contributed by atoms with van der Waals surface area (Å²) in [5.41, 5.74) is -0.177. The Balaban J connectivity index is 3.00. The van der Waals surface area contributed by atoms with Crippen LogP contribution in [0.25, 0.3) is 10.9 Å². The van der Waals surface area contributed by atoms with Crippen molar-refractivity contribution in [2.24, 2.45) is 7.05 Å². The molecule has 0 amide bonds. The fourth-order valence-electron chi connectivity index (χ4n) is 1.88. The van der Waals surface area contributed by atoms with Gasteiger partial charge in [-0.15, -0.1) is 11.8 Å². The molecule has 0 spiro atoms. The van der Waals surface area contributed by atoms with Gasteiger partial charge in [0.2, 0.25) is 0 Å². The second-order valence-electron chi connectivity index (χ2n) is 3.83. The Bertz CT molecular complexity index is 659. The summed E-state index contributed by atoms with van der Waals surface area (Å²) in [4.78, 5) is 0.678. The molecule has 0 radical (unpaired) electrons. The van der Waals surface area contributed by atoms with Crippen LogP contribution in [-0.4, -0.2) is 10.8 Å². The molecule has 0 aliphatic heterocycles. The van der Waals surface area contributed by atoms with Crippen LogP contribution in [0.5, 0.6) is 0 Å². The van der Waals surface area contributed by atoms with Crippen molar-refractivity contribution in [1.29, 1.82) is 0 Å².